The molecular weight excluding hydrogens is 292 g/mol. The van der Waals surface area contributed by atoms with Crippen molar-refractivity contribution in [2.45, 2.75) is 19.6 Å². The number of amides is 1. The summed E-state index contributed by atoms with van der Waals surface area (Å²) in [6.45, 7) is 2.54. The first-order valence-electron chi connectivity index (χ1n) is 7.48. The smallest absolute Gasteiger partial charge is 0.221 e. The molecule has 2 rings (SSSR count). The summed E-state index contributed by atoms with van der Waals surface area (Å²) >= 11 is 0. The second-order valence-electron chi connectivity index (χ2n) is 5.27. The summed E-state index contributed by atoms with van der Waals surface area (Å²) < 4.78 is 5.25. The van der Waals surface area contributed by atoms with Gasteiger partial charge in [-0.05, 0) is 23.8 Å². The molecule has 5 heteroatoms. The molecule has 2 aromatic rings. The summed E-state index contributed by atoms with van der Waals surface area (Å²) in [5, 5.41) is 16.2. The fourth-order valence-corrected chi connectivity index (χ4v) is 2.31. The zero-order chi connectivity index (χ0) is 16.7. The predicted molar refractivity (Wildman–Crippen MR) is 90.4 cm³/mol. The van der Waals surface area contributed by atoms with Crippen LogP contribution in [0.3, 0.4) is 0 Å². The first-order chi connectivity index (χ1) is 11.1. The van der Waals surface area contributed by atoms with Gasteiger partial charge in [-0.25, -0.2) is 0 Å². The zero-order valence-electron chi connectivity index (χ0n) is 13.4. The fraction of sp³-hybridized carbons (Fsp3) is 0.278. The standard InChI is InChI=1S/C18H22N2O3/c1-13(21)20-15-9-7-14(8-10-15)11-19-12-17(22)16-5-3-4-6-18(16)23-2/h3-10,17,19,22H,11-12H2,1-2H3,(H,20,21)/t17-/m0/s1. The van der Waals surface area contributed by atoms with Gasteiger partial charge in [-0.15, -0.1) is 0 Å². The number of anilines is 1. The second-order valence-corrected chi connectivity index (χ2v) is 5.27. The number of hydrogen-bond acceptors (Lipinski definition) is 4. The monoisotopic (exact) mass is 314 g/mol. The molecule has 0 aliphatic rings. The van der Waals surface area contributed by atoms with E-state index in [1.54, 1.807) is 7.11 Å². The number of nitrogens with one attached hydrogen (secondary N) is 2. The Morgan fingerprint density at radius 1 is 1.17 bits per heavy atom. The van der Waals surface area contributed by atoms with E-state index < -0.39 is 6.10 Å². The van der Waals surface area contributed by atoms with Crippen molar-refractivity contribution in [2.75, 3.05) is 19.0 Å². The van der Waals surface area contributed by atoms with Crippen LogP contribution in [-0.2, 0) is 11.3 Å². The Morgan fingerprint density at radius 2 is 1.87 bits per heavy atom. The van der Waals surface area contributed by atoms with E-state index in [1.807, 2.05) is 48.5 Å². The van der Waals surface area contributed by atoms with Gasteiger partial charge in [-0.3, -0.25) is 4.79 Å². The number of rotatable bonds is 7. The highest BCUT2D eigenvalue weighted by atomic mass is 16.5. The van der Waals surface area contributed by atoms with Crippen LogP contribution in [0.25, 0.3) is 0 Å². The van der Waals surface area contributed by atoms with Crippen molar-refractivity contribution in [1.82, 2.24) is 5.32 Å². The Morgan fingerprint density at radius 3 is 2.52 bits per heavy atom. The van der Waals surface area contributed by atoms with Crippen LogP contribution < -0.4 is 15.4 Å². The SMILES string of the molecule is COc1ccccc1[C@@H](O)CNCc1ccc(NC(C)=O)cc1. The maximum absolute atomic E-state index is 11.0. The third kappa shape index (κ3) is 5.09. The summed E-state index contributed by atoms with van der Waals surface area (Å²) in [4.78, 5) is 11.0. The summed E-state index contributed by atoms with van der Waals surface area (Å²) in [6.07, 6.45) is -0.634. The molecule has 0 fully saturated rings. The van der Waals surface area contributed by atoms with Gasteiger partial charge in [-0.1, -0.05) is 30.3 Å². The molecular formula is C18H22N2O3. The summed E-state index contributed by atoms with van der Waals surface area (Å²) in [5.41, 5.74) is 2.62. The third-order valence-electron chi connectivity index (χ3n) is 3.44. The molecule has 0 saturated carbocycles. The van der Waals surface area contributed by atoms with Crippen LogP contribution in [0, 0.1) is 0 Å². The number of hydrogen-bond donors (Lipinski definition) is 3. The van der Waals surface area contributed by atoms with Gasteiger partial charge in [0, 0.05) is 31.3 Å². The van der Waals surface area contributed by atoms with Crippen LogP contribution in [-0.4, -0.2) is 24.7 Å². The first-order valence-corrected chi connectivity index (χ1v) is 7.48. The topological polar surface area (TPSA) is 70.6 Å². The minimum Gasteiger partial charge on any atom is -0.496 e. The Labute approximate surface area is 136 Å². The van der Waals surface area contributed by atoms with Crippen LogP contribution >= 0.6 is 0 Å². The number of para-hydroxylation sites is 1. The van der Waals surface area contributed by atoms with E-state index in [4.69, 9.17) is 4.74 Å². The predicted octanol–water partition coefficient (Wildman–Crippen LogP) is 2.48. The molecule has 0 aliphatic carbocycles. The minimum atomic E-state index is -0.634. The molecule has 3 N–H and O–H groups in total. The van der Waals surface area contributed by atoms with Gasteiger partial charge in [0.1, 0.15) is 5.75 Å². The van der Waals surface area contributed by atoms with Gasteiger partial charge in [0.15, 0.2) is 0 Å². The molecule has 0 unspecified atom stereocenters. The highest BCUT2D eigenvalue weighted by Gasteiger charge is 2.11. The lowest BCUT2D eigenvalue weighted by Gasteiger charge is -2.15. The van der Waals surface area contributed by atoms with Crippen LogP contribution in [0.2, 0.25) is 0 Å². The highest BCUT2D eigenvalue weighted by molar-refractivity contribution is 5.88. The van der Waals surface area contributed by atoms with Gasteiger partial charge in [0.25, 0.3) is 0 Å². The van der Waals surface area contributed by atoms with Crippen molar-refractivity contribution in [2.24, 2.45) is 0 Å². The quantitative estimate of drug-likeness (QED) is 0.734. The largest absolute Gasteiger partial charge is 0.496 e. The van der Waals surface area contributed by atoms with Crippen LogP contribution in [0.4, 0.5) is 5.69 Å². The van der Waals surface area contributed by atoms with E-state index in [0.29, 0.717) is 18.8 Å². The molecule has 0 bridgehead atoms. The lowest BCUT2D eigenvalue weighted by atomic mass is 10.1. The van der Waals surface area contributed by atoms with E-state index in [9.17, 15) is 9.90 Å². The summed E-state index contributed by atoms with van der Waals surface area (Å²) in [5.74, 6) is 0.595. The Balaban J connectivity index is 1.85. The Bertz CT molecular complexity index is 641. The molecule has 0 spiro atoms. The normalized spacial score (nSPS) is 11.8. The van der Waals surface area contributed by atoms with Crippen LogP contribution in [0.5, 0.6) is 5.75 Å². The van der Waals surface area contributed by atoms with Gasteiger partial charge in [0.05, 0.1) is 13.2 Å². The number of methoxy groups -OCH3 is 1. The van der Waals surface area contributed by atoms with E-state index in [1.165, 1.54) is 6.92 Å². The van der Waals surface area contributed by atoms with Gasteiger partial charge < -0.3 is 20.5 Å². The van der Waals surface area contributed by atoms with Gasteiger partial charge in [-0.2, -0.15) is 0 Å². The summed E-state index contributed by atoms with van der Waals surface area (Å²) in [6, 6.07) is 15.0. The number of aliphatic hydroxyl groups is 1. The van der Waals surface area contributed by atoms with Crippen molar-refractivity contribution in [3.63, 3.8) is 0 Å². The number of benzene rings is 2. The Kier molecular flexibility index (Phi) is 6.14. The molecule has 122 valence electrons. The lowest BCUT2D eigenvalue weighted by molar-refractivity contribution is -0.114. The fourth-order valence-electron chi connectivity index (χ4n) is 2.31. The molecule has 0 radical (unpaired) electrons. The van der Waals surface area contributed by atoms with E-state index in [2.05, 4.69) is 10.6 Å². The lowest BCUT2D eigenvalue weighted by Crippen LogP contribution is -2.21. The number of ether oxygens (including phenoxy) is 1. The average Bonchev–Trinajstić information content (AvgIpc) is 2.55. The molecule has 0 saturated heterocycles. The van der Waals surface area contributed by atoms with Crippen molar-refractivity contribution in [3.8, 4) is 5.75 Å². The first kappa shape index (κ1) is 17.0. The average molecular weight is 314 g/mol. The van der Waals surface area contributed by atoms with Crippen molar-refractivity contribution < 1.29 is 14.6 Å². The molecule has 0 aliphatic heterocycles. The molecule has 0 aromatic heterocycles. The molecule has 1 amide bonds. The Hall–Kier alpha value is -2.37. The van der Waals surface area contributed by atoms with Gasteiger partial charge in [0.2, 0.25) is 5.91 Å². The van der Waals surface area contributed by atoms with Crippen molar-refractivity contribution in [3.05, 3.63) is 59.7 Å². The van der Waals surface area contributed by atoms with E-state index in [-0.39, 0.29) is 5.91 Å². The van der Waals surface area contributed by atoms with Crippen molar-refractivity contribution in [1.29, 1.82) is 0 Å². The molecule has 0 heterocycles. The number of carbonyl (C=O) groups excluding carboxylic acids is 1. The van der Waals surface area contributed by atoms with Crippen LogP contribution in [0.1, 0.15) is 24.2 Å². The molecule has 23 heavy (non-hydrogen) atoms. The highest BCUT2D eigenvalue weighted by Crippen LogP contribution is 2.24. The molecule has 5 nitrogen and oxygen atoms in total. The zero-order valence-corrected chi connectivity index (χ0v) is 13.4. The third-order valence-corrected chi connectivity index (χ3v) is 3.44. The second kappa shape index (κ2) is 8.31. The maximum atomic E-state index is 11.0. The van der Waals surface area contributed by atoms with Crippen LogP contribution in [0.15, 0.2) is 48.5 Å². The molecule has 2 aromatic carbocycles. The number of carbonyl (C=O) groups is 1. The summed E-state index contributed by atoms with van der Waals surface area (Å²) in [7, 11) is 1.59. The van der Waals surface area contributed by atoms with E-state index >= 15 is 0 Å². The maximum Gasteiger partial charge on any atom is 0.221 e. The minimum absolute atomic E-state index is 0.0872. The van der Waals surface area contributed by atoms with E-state index in [0.717, 1.165) is 16.8 Å². The van der Waals surface area contributed by atoms with Gasteiger partial charge >= 0.3 is 0 Å². The molecule has 1 atom stereocenters. The number of aliphatic hydroxyl groups excluding tert-OH is 1. The van der Waals surface area contributed by atoms with Crippen molar-refractivity contribution >= 4 is 11.6 Å².